The highest BCUT2D eigenvalue weighted by Crippen LogP contribution is 2.09. The number of hydrogen-bond donors (Lipinski definition) is 1. The lowest BCUT2D eigenvalue weighted by Crippen LogP contribution is -2.37. The lowest BCUT2D eigenvalue weighted by atomic mass is 10.0. The molecule has 1 N–H and O–H groups in total. The van der Waals surface area contributed by atoms with Gasteiger partial charge in [-0.05, 0) is 19.4 Å². The van der Waals surface area contributed by atoms with Crippen LogP contribution < -0.4 is 5.32 Å². The van der Waals surface area contributed by atoms with Gasteiger partial charge >= 0.3 is 0 Å². The normalized spacial score (nSPS) is 17.3. The van der Waals surface area contributed by atoms with Gasteiger partial charge in [-0.2, -0.15) is 0 Å². The molecule has 3 unspecified atom stereocenters. The van der Waals surface area contributed by atoms with E-state index < -0.39 is 10.8 Å². The molecule has 0 saturated carbocycles. The van der Waals surface area contributed by atoms with Gasteiger partial charge in [0.1, 0.15) is 0 Å². The molecule has 0 aromatic rings. The van der Waals surface area contributed by atoms with Crippen LogP contribution >= 0.6 is 0 Å². The molecule has 15 heavy (non-hydrogen) atoms. The quantitative estimate of drug-likeness (QED) is 0.620. The predicted molar refractivity (Wildman–Crippen MR) is 69.7 cm³/mol. The summed E-state index contributed by atoms with van der Waals surface area (Å²) in [4.78, 5) is 0. The summed E-state index contributed by atoms with van der Waals surface area (Å²) in [6.07, 6.45) is 4.68. The number of unbranched alkanes of at least 4 members (excludes halogenated alkanes) is 2. The smallest absolute Gasteiger partial charge is 0.0391 e. The minimum Gasteiger partial charge on any atom is -0.316 e. The van der Waals surface area contributed by atoms with E-state index in [1.165, 1.54) is 12.8 Å². The zero-order chi connectivity index (χ0) is 11.7. The van der Waals surface area contributed by atoms with Crippen LogP contribution in [-0.4, -0.2) is 28.8 Å². The van der Waals surface area contributed by atoms with Crippen LogP contribution in [-0.2, 0) is 10.8 Å². The fourth-order valence-electron chi connectivity index (χ4n) is 1.61. The second-order valence-electron chi connectivity index (χ2n) is 4.30. The SMILES string of the molecule is CCCCCS(=O)CC(NC)C(C)CC. The largest absolute Gasteiger partial charge is 0.316 e. The molecule has 0 spiro atoms. The standard InChI is InChI=1S/C12H27NOS/c1-5-7-8-9-15(14)10-12(13-4)11(3)6-2/h11-13H,5-10H2,1-4H3. The van der Waals surface area contributed by atoms with Gasteiger partial charge in [-0.15, -0.1) is 0 Å². The van der Waals surface area contributed by atoms with Gasteiger partial charge in [0.05, 0.1) is 0 Å². The van der Waals surface area contributed by atoms with Crippen molar-refractivity contribution in [2.75, 3.05) is 18.6 Å². The minimum absolute atomic E-state index is 0.414. The van der Waals surface area contributed by atoms with E-state index >= 15 is 0 Å². The molecule has 0 aromatic carbocycles. The first kappa shape index (κ1) is 15.1. The zero-order valence-electron chi connectivity index (χ0n) is 10.7. The monoisotopic (exact) mass is 233 g/mol. The van der Waals surface area contributed by atoms with E-state index in [0.717, 1.165) is 24.3 Å². The summed E-state index contributed by atoms with van der Waals surface area (Å²) in [5.41, 5.74) is 0. The van der Waals surface area contributed by atoms with E-state index in [2.05, 4.69) is 26.1 Å². The van der Waals surface area contributed by atoms with Crippen LogP contribution in [0.3, 0.4) is 0 Å². The van der Waals surface area contributed by atoms with Gasteiger partial charge < -0.3 is 5.32 Å². The third-order valence-electron chi connectivity index (χ3n) is 3.04. The molecule has 3 heteroatoms. The molecule has 0 saturated heterocycles. The van der Waals surface area contributed by atoms with E-state index in [-0.39, 0.29) is 0 Å². The maximum absolute atomic E-state index is 11.8. The molecule has 0 bridgehead atoms. The molecule has 0 rings (SSSR count). The average molecular weight is 233 g/mol. The average Bonchev–Trinajstić information content (AvgIpc) is 2.25. The van der Waals surface area contributed by atoms with Crippen molar-refractivity contribution in [3.8, 4) is 0 Å². The van der Waals surface area contributed by atoms with Crippen molar-refractivity contribution in [2.24, 2.45) is 5.92 Å². The molecule has 0 heterocycles. The van der Waals surface area contributed by atoms with Crippen molar-refractivity contribution in [1.29, 1.82) is 0 Å². The van der Waals surface area contributed by atoms with Crippen molar-refractivity contribution >= 4 is 10.8 Å². The summed E-state index contributed by atoms with van der Waals surface area (Å²) < 4.78 is 11.8. The van der Waals surface area contributed by atoms with E-state index in [1.807, 2.05) is 7.05 Å². The van der Waals surface area contributed by atoms with Crippen molar-refractivity contribution in [2.45, 2.75) is 52.5 Å². The van der Waals surface area contributed by atoms with Crippen molar-refractivity contribution in [3.05, 3.63) is 0 Å². The Balaban J connectivity index is 3.80. The molecule has 0 aliphatic carbocycles. The highest BCUT2D eigenvalue weighted by Gasteiger charge is 2.16. The topological polar surface area (TPSA) is 29.1 Å². The third-order valence-corrected chi connectivity index (χ3v) is 4.52. The molecule has 0 fully saturated rings. The minimum atomic E-state index is -0.636. The summed E-state index contributed by atoms with van der Waals surface area (Å²) in [5.74, 6) is 2.31. The molecule has 0 aromatic heterocycles. The van der Waals surface area contributed by atoms with Gasteiger partial charge in [-0.3, -0.25) is 4.21 Å². The summed E-state index contributed by atoms with van der Waals surface area (Å²) in [5, 5.41) is 3.28. The van der Waals surface area contributed by atoms with E-state index in [0.29, 0.717) is 12.0 Å². The Kier molecular flexibility index (Phi) is 9.41. The predicted octanol–water partition coefficient (Wildman–Crippen LogP) is 2.56. The van der Waals surface area contributed by atoms with Gasteiger partial charge in [-0.25, -0.2) is 0 Å². The van der Waals surface area contributed by atoms with Crippen LogP contribution in [0.4, 0.5) is 0 Å². The fourth-order valence-corrected chi connectivity index (χ4v) is 3.20. The second kappa shape index (κ2) is 9.34. The second-order valence-corrected chi connectivity index (χ2v) is 5.92. The molecule has 92 valence electrons. The molecule has 0 amide bonds. The lowest BCUT2D eigenvalue weighted by Gasteiger charge is -2.21. The number of hydrogen-bond acceptors (Lipinski definition) is 2. The van der Waals surface area contributed by atoms with Crippen LogP contribution in [0.15, 0.2) is 0 Å². The van der Waals surface area contributed by atoms with Crippen LogP contribution in [0, 0.1) is 5.92 Å². The molecule has 0 aliphatic rings. The molecule has 0 aliphatic heterocycles. The molecular formula is C12H27NOS. The Morgan fingerprint density at radius 2 is 1.93 bits per heavy atom. The Labute approximate surface area is 97.7 Å². The van der Waals surface area contributed by atoms with Crippen molar-refractivity contribution in [3.63, 3.8) is 0 Å². The van der Waals surface area contributed by atoms with Crippen LogP contribution in [0.25, 0.3) is 0 Å². The van der Waals surface area contributed by atoms with Gasteiger partial charge in [0, 0.05) is 28.3 Å². The van der Waals surface area contributed by atoms with Crippen LogP contribution in [0.5, 0.6) is 0 Å². The van der Waals surface area contributed by atoms with Crippen molar-refractivity contribution < 1.29 is 4.21 Å². The molecular weight excluding hydrogens is 206 g/mol. The third kappa shape index (κ3) is 7.07. The number of nitrogens with one attached hydrogen (secondary N) is 1. The summed E-state index contributed by atoms with van der Waals surface area (Å²) in [7, 11) is 1.34. The number of rotatable bonds is 9. The summed E-state index contributed by atoms with van der Waals surface area (Å²) in [6.45, 7) is 6.60. The molecule has 3 atom stereocenters. The van der Waals surface area contributed by atoms with Crippen molar-refractivity contribution in [1.82, 2.24) is 5.32 Å². The summed E-state index contributed by atoms with van der Waals surface area (Å²) >= 11 is 0. The Hall–Kier alpha value is 0.110. The van der Waals surface area contributed by atoms with E-state index in [1.54, 1.807) is 0 Å². The first-order valence-electron chi connectivity index (χ1n) is 6.17. The van der Waals surface area contributed by atoms with E-state index in [9.17, 15) is 4.21 Å². The van der Waals surface area contributed by atoms with Gasteiger partial charge in [0.15, 0.2) is 0 Å². The lowest BCUT2D eigenvalue weighted by molar-refractivity contribution is 0.418. The maximum atomic E-state index is 11.8. The van der Waals surface area contributed by atoms with Crippen LogP contribution in [0.1, 0.15) is 46.5 Å². The van der Waals surface area contributed by atoms with Gasteiger partial charge in [-0.1, -0.05) is 40.0 Å². The zero-order valence-corrected chi connectivity index (χ0v) is 11.5. The van der Waals surface area contributed by atoms with Gasteiger partial charge in [0.25, 0.3) is 0 Å². The van der Waals surface area contributed by atoms with E-state index in [4.69, 9.17) is 0 Å². The Morgan fingerprint density at radius 1 is 1.27 bits per heavy atom. The van der Waals surface area contributed by atoms with Gasteiger partial charge in [0.2, 0.25) is 0 Å². The molecule has 0 radical (unpaired) electrons. The fraction of sp³-hybridized carbons (Fsp3) is 1.00. The Bertz CT molecular complexity index is 173. The maximum Gasteiger partial charge on any atom is 0.0391 e. The first-order valence-corrected chi connectivity index (χ1v) is 7.66. The van der Waals surface area contributed by atoms with Crippen LogP contribution in [0.2, 0.25) is 0 Å². The Morgan fingerprint density at radius 3 is 2.40 bits per heavy atom. The first-order chi connectivity index (χ1) is 7.15. The highest BCUT2D eigenvalue weighted by molar-refractivity contribution is 7.85. The highest BCUT2D eigenvalue weighted by atomic mass is 32.2. The summed E-state index contributed by atoms with van der Waals surface area (Å²) in [6, 6.07) is 0.414. The molecule has 2 nitrogen and oxygen atoms in total.